The Labute approximate surface area is 291 Å². The molecule has 0 radical (unpaired) electrons. The lowest BCUT2D eigenvalue weighted by Crippen LogP contribution is -2.72. The zero-order valence-corrected chi connectivity index (χ0v) is 27.5. The van der Waals surface area contributed by atoms with Crippen molar-refractivity contribution in [2.45, 2.75) is 36.0 Å². The number of rotatable bonds is 11. The van der Waals surface area contributed by atoms with Crippen LogP contribution in [0.4, 0.5) is 18.3 Å². The highest BCUT2D eigenvalue weighted by atomic mass is 32.2. The van der Waals surface area contributed by atoms with Gasteiger partial charge in [0.1, 0.15) is 6.04 Å². The van der Waals surface area contributed by atoms with Crippen LogP contribution >= 0.6 is 11.5 Å². The summed E-state index contributed by atoms with van der Waals surface area (Å²) in [6.45, 7) is 0. The van der Waals surface area contributed by atoms with Crippen molar-refractivity contribution in [2.24, 2.45) is 5.16 Å². The first-order valence-corrected chi connectivity index (χ1v) is 17.1. The second kappa shape index (κ2) is 13.5. The number of carboxylic acids is 1. The van der Waals surface area contributed by atoms with E-state index in [0.29, 0.717) is 21.6 Å². The van der Waals surface area contributed by atoms with Crippen molar-refractivity contribution in [1.82, 2.24) is 19.6 Å². The number of amides is 2. The third kappa shape index (κ3) is 6.47. The molecule has 51 heavy (non-hydrogen) atoms. The van der Waals surface area contributed by atoms with E-state index in [2.05, 4.69) is 24.0 Å². The molecule has 6 rings (SSSR count). The number of carbonyl (C=O) groups is 3. The molecule has 3 aromatic carbocycles. The molecule has 2 aliphatic heterocycles. The Morgan fingerprint density at radius 2 is 1.49 bits per heavy atom. The fourth-order valence-electron chi connectivity index (χ4n) is 5.80. The van der Waals surface area contributed by atoms with Crippen LogP contribution in [-0.4, -0.2) is 68.9 Å². The van der Waals surface area contributed by atoms with Crippen molar-refractivity contribution in [2.75, 3.05) is 5.73 Å². The molecular weight excluding hydrogens is 718 g/mol. The van der Waals surface area contributed by atoms with Crippen LogP contribution in [0, 0.1) is 0 Å². The summed E-state index contributed by atoms with van der Waals surface area (Å²) in [4.78, 5) is 50.2. The standard InChI is InChI=1S/C32H25F3N6O8S2/c33-32(34,35)51(46,47)48-22-17-16-21-23(28(43)41(21)25(22)29(44)45)37-27(42)24(26-38-30(36)50-40-26)39-49-31(18-10-4-1-5-11-18,19-12-6-2-7-13-19)20-14-8-3-9-15-20/h1-15,21,23H,16-17H2,(H,37,42)(H,44,45)(H2,36,38,40)/t21-,23+/m1/s1. The fourth-order valence-corrected chi connectivity index (χ4v) is 6.76. The van der Waals surface area contributed by atoms with Crippen molar-refractivity contribution < 1.29 is 50.1 Å². The molecule has 14 nitrogen and oxygen atoms in total. The van der Waals surface area contributed by atoms with Gasteiger partial charge in [-0.05, 0) is 6.42 Å². The predicted molar refractivity (Wildman–Crippen MR) is 174 cm³/mol. The van der Waals surface area contributed by atoms with Gasteiger partial charge >= 0.3 is 21.6 Å². The number of aliphatic carboxylic acids is 1. The van der Waals surface area contributed by atoms with Gasteiger partial charge in [0.05, 0.1) is 6.04 Å². The minimum absolute atomic E-state index is 0.0262. The van der Waals surface area contributed by atoms with E-state index in [4.69, 9.17) is 10.6 Å². The number of benzene rings is 3. The highest BCUT2D eigenvalue weighted by Gasteiger charge is 2.56. The molecule has 0 unspecified atom stereocenters. The molecular formula is C32H25F3N6O8S2. The molecule has 2 aliphatic rings. The van der Waals surface area contributed by atoms with Gasteiger partial charge in [0.2, 0.25) is 17.1 Å². The summed E-state index contributed by atoms with van der Waals surface area (Å²) in [6, 6.07) is 24.6. The quantitative estimate of drug-likeness (QED) is 0.0507. The fraction of sp³-hybridized carbons (Fsp3) is 0.188. The smallest absolute Gasteiger partial charge is 0.476 e. The first kappa shape index (κ1) is 35.0. The van der Waals surface area contributed by atoms with E-state index in [0.717, 1.165) is 11.5 Å². The number of nitrogen functional groups attached to an aromatic ring is 1. The number of anilines is 1. The van der Waals surface area contributed by atoms with Gasteiger partial charge in [0.25, 0.3) is 11.8 Å². The lowest BCUT2D eigenvalue weighted by Gasteiger charge is -2.49. The molecule has 264 valence electrons. The Morgan fingerprint density at radius 1 is 0.961 bits per heavy atom. The van der Waals surface area contributed by atoms with Gasteiger partial charge in [-0.1, -0.05) is 96.2 Å². The van der Waals surface area contributed by atoms with Gasteiger partial charge in [0, 0.05) is 34.6 Å². The molecule has 19 heteroatoms. The second-order valence-electron chi connectivity index (χ2n) is 11.1. The molecule has 1 fully saturated rings. The van der Waals surface area contributed by atoms with E-state index >= 15 is 0 Å². The maximum atomic E-state index is 13.9. The molecule has 1 saturated heterocycles. The number of aromatic nitrogens is 2. The summed E-state index contributed by atoms with van der Waals surface area (Å²) >= 11 is 0.751. The summed E-state index contributed by atoms with van der Waals surface area (Å²) in [7, 11) is -6.23. The Morgan fingerprint density at radius 3 is 1.94 bits per heavy atom. The summed E-state index contributed by atoms with van der Waals surface area (Å²) in [5.74, 6) is -5.34. The number of halogens is 3. The van der Waals surface area contributed by atoms with Crippen LogP contribution in [0.25, 0.3) is 0 Å². The predicted octanol–water partition coefficient (Wildman–Crippen LogP) is 3.48. The number of hydrogen-bond donors (Lipinski definition) is 3. The van der Waals surface area contributed by atoms with E-state index in [1.807, 2.05) is 54.6 Å². The van der Waals surface area contributed by atoms with Gasteiger partial charge in [0.15, 0.2) is 16.6 Å². The normalized spacial score (nSPS) is 18.1. The van der Waals surface area contributed by atoms with Crippen molar-refractivity contribution in [3.8, 4) is 0 Å². The highest BCUT2D eigenvalue weighted by Crippen LogP contribution is 2.42. The number of carbonyl (C=O) groups excluding carboxylic acids is 2. The van der Waals surface area contributed by atoms with Crippen LogP contribution in [0.2, 0.25) is 0 Å². The largest absolute Gasteiger partial charge is 0.534 e. The molecule has 4 aromatic rings. The first-order chi connectivity index (χ1) is 24.2. The van der Waals surface area contributed by atoms with Crippen LogP contribution in [0.1, 0.15) is 35.4 Å². The van der Waals surface area contributed by atoms with Gasteiger partial charge in [-0.25, -0.2) is 4.79 Å². The summed E-state index contributed by atoms with van der Waals surface area (Å²) in [5.41, 5.74) is -1.20. The summed E-state index contributed by atoms with van der Waals surface area (Å²) in [6.07, 6.45) is -0.875. The molecule has 0 spiro atoms. The number of fused-ring (bicyclic) bond motifs is 1. The van der Waals surface area contributed by atoms with E-state index in [1.165, 1.54) is 0 Å². The number of nitrogens with zero attached hydrogens (tertiary/aromatic N) is 4. The Kier molecular flexibility index (Phi) is 9.25. The third-order valence-corrected chi connectivity index (χ3v) is 9.59. The molecule has 1 aromatic heterocycles. The Balaban J connectivity index is 1.36. The summed E-state index contributed by atoms with van der Waals surface area (Å²) < 4.78 is 70.4. The Bertz CT molecular complexity index is 2050. The minimum Gasteiger partial charge on any atom is -0.476 e. The van der Waals surface area contributed by atoms with Gasteiger partial charge in [-0.15, -0.1) is 0 Å². The van der Waals surface area contributed by atoms with Crippen LogP contribution in [0.5, 0.6) is 0 Å². The van der Waals surface area contributed by atoms with Crippen molar-refractivity contribution in [3.05, 3.63) is 125 Å². The number of alkyl halides is 3. The zero-order valence-electron chi connectivity index (χ0n) is 25.9. The zero-order chi connectivity index (χ0) is 36.6. The monoisotopic (exact) mass is 742 g/mol. The molecule has 4 N–H and O–H groups in total. The third-order valence-electron chi connectivity index (χ3n) is 8.06. The van der Waals surface area contributed by atoms with E-state index in [-0.39, 0.29) is 17.4 Å². The molecule has 0 saturated carbocycles. The average molecular weight is 743 g/mol. The topological polar surface area (TPSA) is 203 Å². The van der Waals surface area contributed by atoms with E-state index in [9.17, 15) is 41.1 Å². The van der Waals surface area contributed by atoms with E-state index in [1.54, 1.807) is 36.4 Å². The van der Waals surface area contributed by atoms with Crippen LogP contribution in [0.15, 0.2) is 108 Å². The molecule has 0 bridgehead atoms. The number of oxime groups is 1. The number of carboxylic acid groups (broad SMARTS) is 1. The van der Waals surface area contributed by atoms with Crippen LogP contribution in [0.3, 0.4) is 0 Å². The average Bonchev–Trinajstić information content (AvgIpc) is 3.54. The second-order valence-corrected chi connectivity index (χ2v) is 13.4. The lowest BCUT2D eigenvalue weighted by atomic mass is 9.80. The number of nitrogens with one attached hydrogen (secondary N) is 1. The highest BCUT2D eigenvalue weighted by molar-refractivity contribution is 7.87. The van der Waals surface area contributed by atoms with Gasteiger partial charge < -0.3 is 25.2 Å². The van der Waals surface area contributed by atoms with Gasteiger partial charge in [-0.2, -0.15) is 30.9 Å². The molecule has 3 heterocycles. The minimum atomic E-state index is -6.23. The maximum absolute atomic E-state index is 13.9. The Hall–Kier alpha value is -5.82. The molecule has 0 aliphatic carbocycles. The summed E-state index contributed by atoms with van der Waals surface area (Å²) in [5, 5.41) is 16.4. The van der Waals surface area contributed by atoms with Crippen LogP contribution in [-0.2, 0) is 39.1 Å². The lowest BCUT2D eigenvalue weighted by molar-refractivity contribution is -0.156. The van der Waals surface area contributed by atoms with Crippen molar-refractivity contribution in [3.63, 3.8) is 0 Å². The number of nitrogens with two attached hydrogens (primary N) is 1. The number of β-lactam (4-membered cyclic amide) rings is 1. The SMILES string of the molecule is Nc1nc(C(=NOC(c2ccccc2)(c2ccccc2)c2ccccc2)C(=O)N[C@@H]2C(=O)N3C(C(=O)O)=C(OS(=O)(=O)C(F)(F)F)CC[C@H]23)ns1. The van der Waals surface area contributed by atoms with Crippen LogP contribution < -0.4 is 11.1 Å². The van der Waals surface area contributed by atoms with Gasteiger partial charge in [-0.3, -0.25) is 14.5 Å². The molecule has 2 atom stereocenters. The first-order valence-electron chi connectivity index (χ1n) is 14.9. The maximum Gasteiger partial charge on any atom is 0.534 e. The number of allylic oxidation sites excluding steroid dienone is 1. The number of hydrogen-bond acceptors (Lipinski definition) is 12. The van der Waals surface area contributed by atoms with Crippen molar-refractivity contribution >= 4 is 50.3 Å². The molecule has 2 amide bonds. The van der Waals surface area contributed by atoms with Crippen molar-refractivity contribution in [1.29, 1.82) is 0 Å². The van der Waals surface area contributed by atoms with E-state index < -0.39 is 74.7 Å².